The molecule has 0 N–H and O–H groups in total. The van der Waals surface area contributed by atoms with E-state index in [9.17, 15) is 0 Å². The Bertz CT molecular complexity index is 3340. The standard InChI is InChI=1S/C62H43N/c1-3-13-44(14-4-1)46-25-27-47(28-26-46)48-31-36-57(37-32-48)63(58-38-33-49(34-39-58)53-21-11-22-56(42-53)60-24-12-20-50-18-9-10-23-59(50)60)62-43-55(35-40-61(62)51-16-5-2-6-17-51)54-30-29-45-15-7-8-19-52(45)41-54/h1-43H. The Morgan fingerprint density at radius 2 is 0.635 bits per heavy atom. The highest BCUT2D eigenvalue weighted by Crippen LogP contribution is 2.44. The molecule has 0 aliphatic carbocycles. The number of fused-ring (bicyclic) bond motifs is 2. The topological polar surface area (TPSA) is 3.24 Å². The van der Waals surface area contributed by atoms with E-state index in [1.54, 1.807) is 0 Å². The highest BCUT2D eigenvalue weighted by Gasteiger charge is 2.19. The number of hydrogen-bond acceptors (Lipinski definition) is 1. The summed E-state index contributed by atoms with van der Waals surface area (Å²) < 4.78 is 0. The highest BCUT2D eigenvalue weighted by atomic mass is 15.1. The van der Waals surface area contributed by atoms with Crippen molar-refractivity contribution < 1.29 is 0 Å². The molecule has 1 nitrogen and oxygen atoms in total. The molecule has 0 spiro atoms. The predicted molar refractivity (Wildman–Crippen MR) is 269 cm³/mol. The fourth-order valence-electron chi connectivity index (χ4n) is 8.99. The largest absolute Gasteiger partial charge is 0.310 e. The highest BCUT2D eigenvalue weighted by molar-refractivity contribution is 5.98. The average molecular weight is 802 g/mol. The number of nitrogens with zero attached hydrogens (tertiary/aromatic N) is 1. The molecule has 296 valence electrons. The van der Waals surface area contributed by atoms with E-state index in [4.69, 9.17) is 0 Å². The summed E-state index contributed by atoms with van der Waals surface area (Å²) in [6.07, 6.45) is 0. The summed E-state index contributed by atoms with van der Waals surface area (Å²) in [7, 11) is 0. The number of hydrogen-bond donors (Lipinski definition) is 0. The van der Waals surface area contributed by atoms with E-state index in [0.717, 1.165) is 28.2 Å². The zero-order valence-electron chi connectivity index (χ0n) is 34.8. The van der Waals surface area contributed by atoms with Gasteiger partial charge in [-0.25, -0.2) is 0 Å². The lowest BCUT2D eigenvalue weighted by atomic mass is 9.94. The molecule has 0 saturated heterocycles. The third-order valence-electron chi connectivity index (χ3n) is 12.3. The van der Waals surface area contributed by atoms with Crippen molar-refractivity contribution in [3.63, 3.8) is 0 Å². The fraction of sp³-hybridized carbons (Fsp3) is 0. The Morgan fingerprint density at radius 1 is 0.206 bits per heavy atom. The van der Waals surface area contributed by atoms with Crippen LogP contribution in [0.5, 0.6) is 0 Å². The molecule has 11 aromatic rings. The maximum Gasteiger partial charge on any atom is 0.0546 e. The summed E-state index contributed by atoms with van der Waals surface area (Å²) in [6, 6.07) is 94.7. The smallest absolute Gasteiger partial charge is 0.0546 e. The van der Waals surface area contributed by atoms with Gasteiger partial charge in [0.25, 0.3) is 0 Å². The van der Waals surface area contributed by atoms with Crippen LogP contribution in [0.15, 0.2) is 261 Å². The zero-order valence-corrected chi connectivity index (χ0v) is 34.8. The van der Waals surface area contributed by atoms with E-state index in [1.165, 1.54) is 77.2 Å². The van der Waals surface area contributed by atoms with Crippen LogP contribution in [0.2, 0.25) is 0 Å². The van der Waals surface area contributed by atoms with Gasteiger partial charge >= 0.3 is 0 Å². The lowest BCUT2D eigenvalue weighted by molar-refractivity contribution is 1.28. The zero-order chi connectivity index (χ0) is 42.0. The molecular formula is C62H43N. The lowest BCUT2D eigenvalue weighted by Crippen LogP contribution is -2.11. The van der Waals surface area contributed by atoms with Gasteiger partial charge in [-0.3, -0.25) is 0 Å². The van der Waals surface area contributed by atoms with Crippen molar-refractivity contribution in [1.82, 2.24) is 0 Å². The molecular weight excluding hydrogens is 759 g/mol. The van der Waals surface area contributed by atoms with Gasteiger partial charge in [-0.15, -0.1) is 0 Å². The molecule has 0 bridgehead atoms. The first kappa shape index (κ1) is 37.7. The molecule has 0 atom stereocenters. The number of anilines is 3. The molecule has 0 amide bonds. The molecule has 0 aliphatic heterocycles. The van der Waals surface area contributed by atoms with Crippen molar-refractivity contribution in [1.29, 1.82) is 0 Å². The Labute approximate surface area is 369 Å². The molecule has 0 aliphatic rings. The Kier molecular flexibility index (Phi) is 9.97. The van der Waals surface area contributed by atoms with Gasteiger partial charge in [-0.1, -0.05) is 218 Å². The van der Waals surface area contributed by atoms with Crippen molar-refractivity contribution in [2.75, 3.05) is 4.90 Å². The third-order valence-corrected chi connectivity index (χ3v) is 12.3. The first-order chi connectivity index (χ1) is 31.2. The first-order valence-electron chi connectivity index (χ1n) is 21.7. The van der Waals surface area contributed by atoms with E-state index in [-0.39, 0.29) is 0 Å². The Balaban J connectivity index is 1.02. The average Bonchev–Trinajstić information content (AvgIpc) is 3.37. The molecule has 11 aromatic carbocycles. The quantitative estimate of drug-likeness (QED) is 0.141. The maximum atomic E-state index is 2.42. The second-order valence-electron chi connectivity index (χ2n) is 16.1. The van der Waals surface area contributed by atoms with Crippen molar-refractivity contribution in [2.24, 2.45) is 0 Å². The van der Waals surface area contributed by atoms with E-state index < -0.39 is 0 Å². The van der Waals surface area contributed by atoms with E-state index in [1.807, 2.05) is 0 Å². The molecule has 0 fully saturated rings. The second-order valence-corrected chi connectivity index (χ2v) is 16.1. The molecule has 11 rings (SSSR count). The van der Waals surface area contributed by atoms with Gasteiger partial charge in [0.05, 0.1) is 5.69 Å². The van der Waals surface area contributed by atoms with Crippen LogP contribution in [0.4, 0.5) is 17.1 Å². The summed E-state index contributed by atoms with van der Waals surface area (Å²) >= 11 is 0. The van der Waals surface area contributed by atoms with Crippen LogP contribution in [-0.2, 0) is 0 Å². The SMILES string of the molecule is c1ccc(-c2ccc(-c3ccc(N(c4ccc(-c5cccc(-c6cccc7ccccc67)c5)cc4)c4cc(-c5ccc6ccccc6c5)ccc4-c4ccccc4)cc3)cc2)cc1. The summed E-state index contributed by atoms with van der Waals surface area (Å²) in [6.45, 7) is 0. The van der Waals surface area contributed by atoms with Gasteiger partial charge in [0.1, 0.15) is 0 Å². The van der Waals surface area contributed by atoms with Crippen LogP contribution in [-0.4, -0.2) is 0 Å². The van der Waals surface area contributed by atoms with Crippen LogP contribution in [0.25, 0.3) is 88.3 Å². The Morgan fingerprint density at radius 3 is 1.32 bits per heavy atom. The number of benzene rings is 11. The van der Waals surface area contributed by atoms with Gasteiger partial charge in [-0.2, -0.15) is 0 Å². The van der Waals surface area contributed by atoms with Gasteiger partial charge < -0.3 is 4.90 Å². The molecule has 1 heteroatoms. The monoisotopic (exact) mass is 801 g/mol. The van der Waals surface area contributed by atoms with Gasteiger partial charge in [-0.05, 0) is 125 Å². The maximum absolute atomic E-state index is 2.42. The van der Waals surface area contributed by atoms with Crippen LogP contribution in [0, 0.1) is 0 Å². The molecule has 0 heterocycles. The fourth-order valence-corrected chi connectivity index (χ4v) is 8.99. The van der Waals surface area contributed by atoms with Gasteiger partial charge in [0.15, 0.2) is 0 Å². The van der Waals surface area contributed by atoms with Crippen LogP contribution < -0.4 is 4.90 Å². The molecule has 0 saturated carbocycles. The molecule has 63 heavy (non-hydrogen) atoms. The van der Waals surface area contributed by atoms with Gasteiger partial charge in [0.2, 0.25) is 0 Å². The van der Waals surface area contributed by atoms with Crippen LogP contribution in [0.3, 0.4) is 0 Å². The predicted octanol–water partition coefficient (Wildman–Crippen LogP) is 17.5. The lowest BCUT2D eigenvalue weighted by Gasteiger charge is -2.29. The molecule has 0 unspecified atom stereocenters. The summed E-state index contributed by atoms with van der Waals surface area (Å²) in [5.41, 5.74) is 17.6. The minimum atomic E-state index is 1.08. The van der Waals surface area contributed by atoms with Crippen molar-refractivity contribution in [2.45, 2.75) is 0 Å². The van der Waals surface area contributed by atoms with E-state index >= 15 is 0 Å². The van der Waals surface area contributed by atoms with Crippen molar-refractivity contribution in [3.05, 3.63) is 261 Å². The minimum Gasteiger partial charge on any atom is -0.310 e. The minimum absolute atomic E-state index is 1.08. The van der Waals surface area contributed by atoms with E-state index in [0.29, 0.717) is 0 Å². The normalized spacial score (nSPS) is 11.2. The third kappa shape index (κ3) is 7.58. The number of rotatable bonds is 9. The van der Waals surface area contributed by atoms with Gasteiger partial charge in [0, 0.05) is 16.9 Å². The summed E-state index contributed by atoms with van der Waals surface area (Å²) in [4.78, 5) is 2.42. The first-order valence-corrected chi connectivity index (χ1v) is 21.7. The van der Waals surface area contributed by atoms with Crippen molar-refractivity contribution in [3.8, 4) is 66.8 Å². The summed E-state index contributed by atoms with van der Waals surface area (Å²) in [5.74, 6) is 0. The van der Waals surface area contributed by atoms with Crippen LogP contribution >= 0.6 is 0 Å². The molecule has 0 radical (unpaired) electrons. The van der Waals surface area contributed by atoms with E-state index in [2.05, 4.69) is 266 Å². The van der Waals surface area contributed by atoms with Crippen molar-refractivity contribution >= 4 is 38.6 Å². The Hall–Kier alpha value is -8.26. The van der Waals surface area contributed by atoms with Crippen LogP contribution in [0.1, 0.15) is 0 Å². The molecule has 0 aromatic heterocycles. The summed E-state index contributed by atoms with van der Waals surface area (Å²) in [5, 5.41) is 4.98. The second kappa shape index (κ2) is 16.7.